The zero-order valence-corrected chi connectivity index (χ0v) is 14.3. The predicted molar refractivity (Wildman–Crippen MR) is 93.8 cm³/mol. The summed E-state index contributed by atoms with van der Waals surface area (Å²) in [6.07, 6.45) is 1.03. The Morgan fingerprint density at radius 1 is 1.19 bits per heavy atom. The SMILES string of the molecule is O=C(COc1ccc2c(c1)CCC(=O)N2)NCc1ccccc1OC(F)F. The van der Waals surface area contributed by atoms with Gasteiger partial charge < -0.3 is 20.1 Å². The second-order valence-electron chi connectivity index (χ2n) is 5.92. The molecule has 0 bridgehead atoms. The van der Waals surface area contributed by atoms with Crippen molar-refractivity contribution in [3.05, 3.63) is 53.6 Å². The standard InChI is InChI=1S/C19H18F2N2O4/c20-19(21)27-16-4-2-1-3-13(16)10-22-18(25)11-26-14-6-7-15-12(9-14)5-8-17(24)23-15/h1-4,6-7,9,19H,5,8,10-11H2,(H,22,25)(H,23,24). The Bertz CT molecular complexity index is 842. The Morgan fingerprint density at radius 2 is 2.00 bits per heavy atom. The van der Waals surface area contributed by atoms with Gasteiger partial charge >= 0.3 is 6.61 Å². The maximum absolute atomic E-state index is 12.4. The Labute approximate surface area is 154 Å². The van der Waals surface area contributed by atoms with Crippen LogP contribution in [0.2, 0.25) is 0 Å². The van der Waals surface area contributed by atoms with Crippen LogP contribution in [0.3, 0.4) is 0 Å². The fourth-order valence-electron chi connectivity index (χ4n) is 2.70. The molecule has 0 unspecified atom stereocenters. The monoisotopic (exact) mass is 376 g/mol. The van der Waals surface area contributed by atoms with Crippen LogP contribution >= 0.6 is 0 Å². The van der Waals surface area contributed by atoms with Gasteiger partial charge in [0.25, 0.3) is 5.91 Å². The first-order chi connectivity index (χ1) is 13.0. The highest BCUT2D eigenvalue weighted by atomic mass is 19.3. The van der Waals surface area contributed by atoms with Crippen LogP contribution in [0.4, 0.5) is 14.5 Å². The summed E-state index contributed by atoms with van der Waals surface area (Å²) in [5.41, 5.74) is 2.14. The number of alkyl halides is 2. The third kappa shape index (κ3) is 5.16. The Balaban J connectivity index is 1.51. The lowest BCUT2D eigenvalue weighted by Gasteiger charge is -2.17. The van der Waals surface area contributed by atoms with Crippen LogP contribution in [0.15, 0.2) is 42.5 Å². The number of carbonyl (C=O) groups is 2. The number of fused-ring (bicyclic) bond motifs is 1. The molecule has 0 radical (unpaired) electrons. The number of aryl methyl sites for hydroxylation is 1. The van der Waals surface area contributed by atoms with Crippen molar-refractivity contribution in [2.45, 2.75) is 26.0 Å². The molecule has 0 spiro atoms. The van der Waals surface area contributed by atoms with Gasteiger partial charge in [0.1, 0.15) is 11.5 Å². The lowest BCUT2D eigenvalue weighted by atomic mass is 10.0. The minimum Gasteiger partial charge on any atom is -0.484 e. The molecule has 2 aromatic carbocycles. The van der Waals surface area contributed by atoms with E-state index in [9.17, 15) is 18.4 Å². The van der Waals surface area contributed by atoms with Gasteiger partial charge in [-0.05, 0) is 36.2 Å². The largest absolute Gasteiger partial charge is 0.484 e. The van der Waals surface area contributed by atoms with E-state index in [4.69, 9.17) is 4.74 Å². The van der Waals surface area contributed by atoms with Gasteiger partial charge in [-0.15, -0.1) is 0 Å². The number of benzene rings is 2. The van der Waals surface area contributed by atoms with Crippen LogP contribution in [0.5, 0.6) is 11.5 Å². The number of anilines is 1. The number of hydrogen-bond acceptors (Lipinski definition) is 4. The Hall–Kier alpha value is -3.16. The quantitative estimate of drug-likeness (QED) is 0.779. The van der Waals surface area contributed by atoms with E-state index < -0.39 is 12.5 Å². The normalized spacial score (nSPS) is 12.9. The molecule has 0 fully saturated rings. The average molecular weight is 376 g/mol. The van der Waals surface area contributed by atoms with Gasteiger partial charge in [-0.2, -0.15) is 8.78 Å². The molecule has 0 saturated carbocycles. The minimum absolute atomic E-state index is 0.0189. The molecule has 1 aliphatic rings. The maximum atomic E-state index is 12.4. The molecule has 2 N–H and O–H groups in total. The molecule has 1 aliphatic heterocycles. The maximum Gasteiger partial charge on any atom is 0.387 e. The molecule has 0 saturated heterocycles. The molecule has 2 aromatic rings. The van der Waals surface area contributed by atoms with E-state index in [1.165, 1.54) is 6.07 Å². The predicted octanol–water partition coefficient (Wildman–Crippen LogP) is 2.87. The summed E-state index contributed by atoms with van der Waals surface area (Å²) in [6.45, 7) is -3.11. The Kier molecular flexibility index (Phi) is 5.85. The number of ether oxygens (including phenoxy) is 2. The summed E-state index contributed by atoms with van der Waals surface area (Å²) in [4.78, 5) is 23.3. The van der Waals surface area contributed by atoms with E-state index in [0.29, 0.717) is 24.2 Å². The number of hydrogen-bond donors (Lipinski definition) is 2. The number of halogens is 2. The van der Waals surface area contributed by atoms with Crippen LogP contribution < -0.4 is 20.1 Å². The smallest absolute Gasteiger partial charge is 0.387 e. The van der Waals surface area contributed by atoms with Crippen LogP contribution in [-0.2, 0) is 22.6 Å². The first kappa shape index (κ1) is 18.6. The van der Waals surface area contributed by atoms with E-state index in [-0.39, 0.29) is 24.8 Å². The van der Waals surface area contributed by atoms with Gasteiger partial charge in [0.15, 0.2) is 6.61 Å². The summed E-state index contributed by atoms with van der Waals surface area (Å²) in [5.74, 6) is 0.117. The van der Waals surface area contributed by atoms with Crippen LogP contribution in [-0.4, -0.2) is 25.0 Å². The minimum atomic E-state index is -2.93. The summed E-state index contributed by atoms with van der Waals surface area (Å²) < 4.78 is 34.7. The van der Waals surface area contributed by atoms with Gasteiger partial charge in [0, 0.05) is 24.2 Å². The highest BCUT2D eigenvalue weighted by molar-refractivity contribution is 5.94. The number of carbonyl (C=O) groups excluding carboxylic acids is 2. The second kappa shape index (κ2) is 8.48. The van der Waals surface area contributed by atoms with Crippen molar-refractivity contribution in [3.8, 4) is 11.5 Å². The van der Waals surface area contributed by atoms with Crippen LogP contribution in [0.1, 0.15) is 17.5 Å². The molecular formula is C19H18F2N2O4. The third-order valence-electron chi connectivity index (χ3n) is 4.01. The molecule has 3 rings (SSSR count). The summed E-state index contributed by atoms with van der Waals surface area (Å²) >= 11 is 0. The number of para-hydroxylation sites is 1. The Morgan fingerprint density at radius 3 is 2.81 bits per heavy atom. The fraction of sp³-hybridized carbons (Fsp3) is 0.263. The van der Waals surface area contributed by atoms with Crippen molar-refractivity contribution in [2.24, 2.45) is 0 Å². The molecule has 6 nitrogen and oxygen atoms in total. The highest BCUT2D eigenvalue weighted by Gasteiger charge is 2.15. The van der Waals surface area contributed by atoms with Crippen molar-refractivity contribution in [3.63, 3.8) is 0 Å². The van der Waals surface area contributed by atoms with Crippen molar-refractivity contribution in [1.82, 2.24) is 5.32 Å². The second-order valence-corrected chi connectivity index (χ2v) is 5.92. The fourth-order valence-corrected chi connectivity index (χ4v) is 2.70. The molecule has 0 aromatic heterocycles. The van der Waals surface area contributed by atoms with E-state index in [1.54, 1.807) is 36.4 Å². The van der Waals surface area contributed by atoms with E-state index in [0.717, 1.165) is 11.3 Å². The first-order valence-electron chi connectivity index (χ1n) is 8.36. The average Bonchev–Trinajstić information content (AvgIpc) is 2.65. The highest BCUT2D eigenvalue weighted by Crippen LogP contribution is 2.26. The molecule has 1 heterocycles. The molecular weight excluding hydrogens is 358 g/mol. The topological polar surface area (TPSA) is 76.7 Å². The molecule has 0 aliphatic carbocycles. The number of amides is 2. The van der Waals surface area contributed by atoms with Crippen molar-refractivity contribution in [1.29, 1.82) is 0 Å². The summed E-state index contributed by atoms with van der Waals surface area (Å²) in [5, 5.41) is 5.38. The third-order valence-corrected chi connectivity index (χ3v) is 4.01. The van der Waals surface area contributed by atoms with Gasteiger partial charge in [0.2, 0.25) is 5.91 Å². The molecule has 142 valence electrons. The zero-order valence-electron chi connectivity index (χ0n) is 14.3. The molecule has 0 atom stereocenters. The molecule has 8 heteroatoms. The van der Waals surface area contributed by atoms with Crippen molar-refractivity contribution >= 4 is 17.5 Å². The summed E-state index contributed by atoms with van der Waals surface area (Å²) in [7, 11) is 0. The van der Waals surface area contributed by atoms with E-state index in [1.807, 2.05) is 0 Å². The van der Waals surface area contributed by atoms with Crippen LogP contribution in [0.25, 0.3) is 0 Å². The van der Waals surface area contributed by atoms with Gasteiger partial charge in [-0.3, -0.25) is 9.59 Å². The zero-order chi connectivity index (χ0) is 19.2. The lowest BCUT2D eigenvalue weighted by molar-refractivity contribution is -0.123. The first-order valence-corrected chi connectivity index (χ1v) is 8.36. The van der Waals surface area contributed by atoms with Crippen LogP contribution in [0, 0.1) is 0 Å². The van der Waals surface area contributed by atoms with E-state index >= 15 is 0 Å². The summed E-state index contributed by atoms with van der Waals surface area (Å²) in [6, 6.07) is 11.4. The molecule has 27 heavy (non-hydrogen) atoms. The molecule has 2 amide bonds. The van der Waals surface area contributed by atoms with Crippen molar-refractivity contribution < 1.29 is 27.8 Å². The van der Waals surface area contributed by atoms with Gasteiger partial charge in [-0.25, -0.2) is 0 Å². The number of rotatable bonds is 7. The van der Waals surface area contributed by atoms with Crippen molar-refractivity contribution in [2.75, 3.05) is 11.9 Å². The lowest BCUT2D eigenvalue weighted by Crippen LogP contribution is -2.28. The number of nitrogens with one attached hydrogen (secondary N) is 2. The van der Waals surface area contributed by atoms with Gasteiger partial charge in [-0.1, -0.05) is 18.2 Å². The van der Waals surface area contributed by atoms with Gasteiger partial charge in [0.05, 0.1) is 0 Å². The van der Waals surface area contributed by atoms with E-state index in [2.05, 4.69) is 15.4 Å².